The van der Waals surface area contributed by atoms with E-state index < -0.39 is 0 Å². The van der Waals surface area contributed by atoms with Crippen LogP contribution in [0, 0.1) is 12.8 Å². The molecular formula is C19H21N5O3S. The van der Waals surface area contributed by atoms with Crippen molar-refractivity contribution in [2.24, 2.45) is 13.0 Å². The minimum atomic E-state index is -0.269. The Morgan fingerprint density at radius 1 is 1.36 bits per heavy atom. The first-order valence-electron chi connectivity index (χ1n) is 9.19. The number of ketones is 1. The van der Waals surface area contributed by atoms with Gasteiger partial charge < -0.3 is 9.47 Å². The van der Waals surface area contributed by atoms with Crippen molar-refractivity contribution < 1.29 is 9.59 Å². The van der Waals surface area contributed by atoms with E-state index in [1.807, 2.05) is 5.38 Å². The Morgan fingerprint density at radius 2 is 2.18 bits per heavy atom. The number of rotatable bonds is 4. The highest BCUT2D eigenvalue weighted by atomic mass is 32.1. The van der Waals surface area contributed by atoms with Crippen LogP contribution >= 0.6 is 11.3 Å². The zero-order valence-electron chi connectivity index (χ0n) is 15.8. The van der Waals surface area contributed by atoms with Crippen molar-refractivity contribution in [2.45, 2.75) is 26.3 Å². The number of hydrogen-bond donors (Lipinski definition) is 0. The number of piperidine rings is 1. The van der Waals surface area contributed by atoms with Gasteiger partial charge in [0.05, 0.1) is 5.39 Å². The third-order valence-corrected chi connectivity index (χ3v) is 6.06. The molecule has 1 amide bonds. The summed E-state index contributed by atoms with van der Waals surface area (Å²) in [6, 6.07) is 1.73. The molecule has 0 saturated carbocycles. The molecule has 0 N–H and O–H groups in total. The van der Waals surface area contributed by atoms with Crippen LogP contribution in [0.1, 0.15) is 29.3 Å². The van der Waals surface area contributed by atoms with Gasteiger partial charge in [-0.05, 0) is 31.2 Å². The Balaban J connectivity index is 1.52. The highest BCUT2D eigenvalue weighted by Crippen LogP contribution is 2.21. The van der Waals surface area contributed by atoms with E-state index in [-0.39, 0.29) is 29.7 Å². The summed E-state index contributed by atoms with van der Waals surface area (Å²) in [5, 5.41) is 2.35. The van der Waals surface area contributed by atoms with Gasteiger partial charge in [0.1, 0.15) is 17.2 Å². The maximum absolute atomic E-state index is 12.9. The van der Waals surface area contributed by atoms with Crippen molar-refractivity contribution in [2.75, 3.05) is 13.1 Å². The third-order valence-electron chi connectivity index (χ3n) is 5.25. The lowest BCUT2D eigenvalue weighted by Gasteiger charge is -2.32. The number of aryl methyl sites for hydroxylation is 2. The molecule has 3 aromatic rings. The van der Waals surface area contributed by atoms with Gasteiger partial charge in [-0.15, -0.1) is 11.3 Å². The van der Waals surface area contributed by atoms with E-state index in [1.165, 1.54) is 15.9 Å². The van der Waals surface area contributed by atoms with Crippen LogP contribution in [0.2, 0.25) is 0 Å². The Hall–Kier alpha value is -2.81. The van der Waals surface area contributed by atoms with Gasteiger partial charge in [-0.3, -0.25) is 19.0 Å². The van der Waals surface area contributed by atoms with Crippen LogP contribution in [-0.2, 0) is 18.4 Å². The van der Waals surface area contributed by atoms with Crippen LogP contribution in [-0.4, -0.2) is 48.8 Å². The molecule has 1 fully saturated rings. The number of carbonyl (C=O) groups is 2. The van der Waals surface area contributed by atoms with Crippen molar-refractivity contribution in [3.8, 4) is 0 Å². The topological polar surface area (TPSA) is 90.1 Å². The first-order chi connectivity index (χ1) is 13.5. The summed E-state index contributed by atoms with van der Waals surface area (Å²) in [5.41, 5.74) is -0.199. The molecule has 0 bridgehead atoms. The zero-order chi connectivity index (χ0) is 19.8. The van der Waals surface area contributed by atoms with Gasteiger partial charge in [0.2, 0.25) is 11.7 Å². The molecule has 0 spiro atoms. The van der Waals surface area contributed by atoms with Gasteiger partial charge in [-0.1, -0.05) is 0 Å². The average Bonchev–Trinajstić information content (AvgIpc) is 3.33. The summed E-state index contributed by atoms with van der Waals surface area (Å²) in [6.07, 6.45) is 4.82. The molecule has 0 radical (unpaired) electrons. The summed E-state index contributed by atoms with van der Waals surface area (Å²) < 4.78 is 3.12. The predicted molar refractivity (Wildman–Crippen MR) is 105 cm³/mol. The largest absolute Gasteiger partial charge is 0.340 e. The number of nitrogens with zero attached hydrogens (tertiary/aromatic N) is 5. The molecule has 1 aliphatic rings. The van der Waals surface area contributed by atoms with E-state index in [0.29, 0.717) is 35.0 Å². The van der Waals surface area contributed by atoms with Crippen LogP contribution in [0.15, 0.2) is 28.6 Å². The van der Waals surface area contributed by atoms with E-state index >= 15 is 0 Å². The highest BCUT2D eigenvalue weighted by Gasteiger charge is 2.31. The molecular weight excluding hydrogens is 378 g/mol. The second-order valence-electron chi connectivity index (χ2n) is 7.09. The maximum Gasteiger partial charge on any atom is 0.262 e. The fourth-order valence-corrected chi connectivity index (χ4v) is 4.48. The van der Waals surface area contributed by atoms with Crippen molar-refractivity contribution in [1.29, 1.82) is 0 Å². The predicted octanol–water partition coefficient (Wildman–Crippen LogP) is 1.62. The summed E-state index contributed by atoms with van der Waals surface area (Å²) in [7, 11) is 1.79. The number of thiophene rings is 1. The van der Waals surface area contributed by atoms with E-state index in [4.69, 9.17) is 0 Å². The Morgan fingerprint density at radius 3 is 2.93 bits per heavy atom. The molecule has 4 rings (SSSR count). The second kappa shape index (κ2) is 7.31. The van der Waals surface area contributed by atoms with Crippen molar-refractivity contribution in [1.82, 2.24) is 24.0 Å². The summed E-state index contributed by atoms with van der Waals surface area (Å²) in [6.45, 7) is 2.61. The molecule has 1 atom stereocenters. The molecule has 0 unspecified atom stereocenters. The standard InChI is InChI=1S/C19H21N5O3S/c1-12-21-18-14(5-9-28-18)19(27)24(12)11-15(25)23-7-3-4-13(10-23)16(26)17-20-6-8-22(17)2/h5-6,8-9,13H,3-4,7,10-11H2,1-2H3/t13-/m0/s1. The fourth-order valence-electron chi connectivity index (χ4n) is 3.68. The van der Waals surface area contributed by atoms with Gasteiger partial charge in [-0.25, -0.2) is 9.97 Å². The number of aromatic nitrogens is 4. The molecule has 4 heterocycles. The smallest absolute Gasteiger partial charge is 0.262 e. The van der Waals surface area contributed by atoms with E-state index in [1.54, 1.807) is 41.9 Å². The van der Waals surface area contributed by atoms with E-state index in [0.717, 1.165) is 12.8 Å². The minimum absolute atomic E-state index is 0.0419. The number of Topliss-reactive ketones (excluding diaryl/α,β-unsaturated/α-hetero) is 1. The summed E-state index contributed by atoms with van der Waals surface area (Å²) >= 11 is 1.41. The number of fused-ring (bicyclic) bond motifs is 1. The number of amides is 1. The molecule has 1 aliphatic heterocycles. The van der Waals surface area contributed by atoms with Crippen molar-refractivity contribution in [3.63, 3.8) is 0 Å². The number of imidazole rings is 1. The summed E-state index contributed by atoms with van der Waals surface area (Å²) in [5.74, 6) is 0.456. The quantitative estimate of drug-likeness (QED) is 0.622. The van der Waals surface area contributed by atoms with Gasteiger partial charge in [0, 0.05) is 38.4 Å². The maximum atomic E-state index is 12.9. The van der Waals surface area contributed by atoms with Crippen LogP contribution in [0.25, 0.3) is 10.2 Å². The molecule has 28 heavy (non-hydrogen) atoms. The van der Waals surface area contributed by atoms with Crippen LogP contribution in [0.5, 0.6) is 0 Å². The molecule has 1 saturated heterocycles. The molecule has 0 aliphatic carbocycles. The van der Waals surface area contributed by atoms with E-state index in [9.17, 15) is 14.4 Å². The van der Waals surface area contributed by atoms with Crippen molar-refractivity contribution in [3.05, 3.63) is 45.8 Å². The Labute approximate surface area is 165 Å². The third kappa shape index (κ3) is 3.26. The van der Waals surface area contributed by atoms with Crippen LogP contribution in [0.3, 0.4) is 0 Å². The normalized spacial score (nSPS) is 17.2. The number of hydrogen-bond acceptors (Lipinski definition) is 6. The highest BCUT2D eigenvalue weighted by molar-refractivity contribution is 7.16. The first-order valence-corrected chi connectivity index (χ1v) is 10.1. The summed E-state index contributed by atoms with van der Waals surface area (Å²) in [4.78, 5) is 49.2. The van der Waals surface area contributed by atoms with Gasteiger partial charge in [0.15, 0.2) is 5.82 Å². The molecule has 8 nitrogen and oxygen atoms in total. The minimum Gasteiger partial charge on any atom is -0.340 e. The Kier molecular flexibility index (Phi) is 4.84. The van der Waals surface area contributed by atoms with Gasteiger partial charge >= 0.3 is 0 Å². The Bertz CT molecular complexity index is 1110. The van der Waals surface area contributed by atoms with Crippen LogP contribution < -0.4 is 5.56 Å². The lowest BCUT2D eigenvalue weighted by Crippen LogP contribution is -2.45. The average molecular weight is 399 g/mol. The monoisotopic (exact) mass is 399 g/mol. The SMILES string of the molecule is Cc1nc2sccc2c(=O)n1CC(=O)N1CCC[C@H](C(=O)c2nccn2C)C1. The van der Waals surface area contributed by atoms with E-state index in [2.05, 4.69) is 9.97 Å². The van der Waals surface area contributed by atoms with Gasteiger partial charge in [0.25, 0.3) is 5.56 Å². The zero-order valence-corrected chi connectivity index (χ0v) is 16.6. The first kappa shape index (κ1) is 18.5. The number of carbonyl (C=O) groups excluding carboxylic acids is 2. The number of likely N-dealkylation sites (tertiary alicyclic amines) is 1. The lowest BCUT2D eigenvalue weighted by molar-refractivity contribution is -0.133. The van der Waals surface area contributed by atoms with Crippen molar-refractivity contribution >= 4 is 33.2 Å². The molecule has 0 aromatic carbocycles. The molecule has 9 heteroatoms. The second-order valence-corrected chi connectivity index (χ2v) is 7.99. The van der Waals surface area contributed by atoms with Crippen LogP contribution in [0.4, 0.5) is 0 Å². The molecule has 3 aromatic heterocycles. The lowest BCUT2D eigenvalue weighted by atomic mass is 9.93. The van der Waals surface area contributed by atoms with Gasteiger partial charge in [-0.2, -0.15) is 0 Å². The fraction of sp³-hybridized carbons (Fsp3) is 0.421. The molecule has 146 valence electrons.